The maximum Gasteiger partial charge on any atom is 0.224 e. The van der Waals surface area contributed by atoms with E-state index in [2.05, 4.69) is 15.3 Å². The zero-order valence-corrected chi connectivity index (χ0v) is 11.5. The average molecular weight is 280 g/mol. The molecule has 0 bridgehead atoms. The number of nitrogens with zero attached hydrogens (tertiary/aromatic N) is 1. The summed E-state index contributed by atoms with van der Waals surface area (Å²) < 4.78 is 0. The third kappa shape index (κ3) is 3.20. The number of nitrogens with two attached hydrogens (primary N) is 1. The summed E-state index contributed by atoms with van der Waals surface area (Å²) in [4.78, 5) is 19.1. The number of benzene rings is 2. The van der Waals surface area contributed by atoms with Gasteiger partial charge in [0.1, 0.15) is 0 Å². The number of aromatic nitrogens is 2. The lowest BCUT2D eigenvalue weighted by Gasteiger charge is -2.06. The van der Waals surface area contributed by atoms with Gasteiger partial charge in [0.2, 0.25) is 5.91 Å². The number of carbonyl (C=O) groups excluding carboxylic acids is 1. The number of H-pyrrole nitrogens is 1. The van der Waals surface area contributed by atoms with Gasteiger partial charge in [-0.25, -0.2) is 4.98 Å². The van der Waals surface area contributed by atoms with Gasteiger partial charge in [0.15, 0.2) is 0 Å². The molecular weight excluding hydrogens is 264 g/mol. The van der Waals surface area contributed by atoms with Gasteiger partial charge in [-0.15, -0.1) is 0 Å². The summed E-state index contributed by atoms with van der Waals surface area (Å²) >= 11 is 0. The Labute approximate surface area is 122 Å². The van der Waals surface area contributed by atoms with Crippen molar-refractivity contribution in [1.29, 1.82) is 0 Å². The van der Waals surface area contributed by atoms with Crippen LogP contribution in [0.1, 0.15) is 11.1 Å². The number of anilines is 1. The number of nitrogens with one attached hydrogen (secondary N) is 2. The molecule has 5 heteroatoms. The summed E-state index contributed by atoms with van der Waals surface area (Å²) in [5, 5.41) is 2.91. The highest BCUT2D eigenvalue weighted by Crippen LogP contribution is 2.11. The predicted molar refractivity (Wildman–Crippen MR) is 82.5 cm³/mol. The fourth-order valence-corrected chi connectivity index (χ4v) is 2.18. The molecule has 1 aromatic heterocycles. The van der Waals surface area contributed by atoms with Crippen LogP contribution in [0.15, 0.2) is 48.8 Å². The van der Waals surface area contributed by atoms with Crippen LogP contribution in [-0.2, 0) is 17.8 Å². The maximum atomic E-state index is 11.9. The fraction of sp³-hybridized carbons (Fsp3) is 0.125. The molecule has 5 nitrogen and oxygen atoms in total. The van der Waals surface area contributed by atoms with E-state index < -0.39 is 0 Å². The molecule has 3 rings (SSSR count). The molecule has 21 heavy (non-hydrogen) atoms. The molecule has 0 fully saturated rings. The Bertz CT molecular complexity index is 761. The number of nitrogen functional groups attached to an aromatic ring is 1. The second-order valence-electron chi connectivity index (χ2n) is 4.95. The van der Waals surface area contributed by atoms with Crippen molar-refractivity contribution in [3.8, 4) is 0 Å². The highest BCUT2D eigenvalue weighted by Gasteiger charge is 2.04. The maximum absolute atomic E-state index is 11.9. The summed E-state index contributed by atoms with van der Waals surface area (Å²) in [5.74, 6) is -0.00974. The van der Waals surface area contributed by atoms with Crippen LogP contribution in [0.5, 0.6) is 0 Å². The number of imidazole rings is 1. The molecule has 0 aliphatic rings. The van der Waals surface area contributed by atoms with E-state index in [1.165, 1.54) is 0 Å². The van der Waals surface area contributed by atoms with E-state index in [-0.39, 0.29) is 5.91 Å². The lowest BCUT2D eigenvalue weighted by atomic mass is 10.1. The molecule has 3 aromatic rings. The van der Waals surface area contributed by atoms with Crippen molar-refractivity contribution in [1.82, 2.24) is 15.3 Å². The molecule has 0 radical (unpaired) electrons. The van der Waals surface area contributed by atoms with Gasteiger partial charge in [-0.1, -0.05) is 18.2 Å². The topological polar surface area (TPSA) is 83.8 Å². The van der Waals surface area contributed by atoms with Gasteiger partial charge in [-0.2, -0.15) is 0 Å². The van der Waals surface area contributed by atoms with Crippen LogP contribution in [-0.4, -0.2) is 15.9 Å². The van der Waals surface area contributed by atoms with E-state index in [9.17, 15) is 4.79 Å². The molecule has 106 valence electrons. The third-order valence-electron chi connectivity index (χ3n) is 3.32. The lowest BCUT2D eigenvalue weighted by molar-refractivity contribution is -0.120. The molecule has 0 aliphatic carbocycles. The SMILES string of the molecule is Nc1ccc(CC(=O)NCc2ccc3nc[nH]c3c2)cc1. The Kier molecular flexibility index (Phi) is 3.55. The monoisotopic (exact) mass is 280 g/mol. The van der Waals surface area contributed by atoms with Crippen LogP contribution in [0.4, 0.5) is 5.69 Å². The molecule has 0 saturated heterocycles. The molecule has 1 amide bonds. The number of rotatable bonds is 4. The molecule has 4 N–H and O–H groups in total. The summed E-state index contributed by atoms with van der Waals surface area (Å²) in [6, 6.07) is 13.2. The molecule has 1 heterocycles. The minimum Gasteiger partial charge on any atom is -0.399 e. The van der Waals surface area contributed by atoms with Gasteiger partial charge in [0.25, 0.3) is 0 Å². The average Bonchev–Trinajstić information content (AvgIpc) is 2.95. The van der Waals surface area contributed by atoms with Crippen LogP contribution >= 0.6 is 0 Å². The first-order chi connectivity index (χ1) is 10.2. The van der Waals surface area contributed by atoms with Gasteiger partial charge in [-0.05, 0) is 35.4 Å². The number of amides is 1. The number of aromatic amines is 1. The van der Waals surface area contributed by atoms with Crippen molar-refractivity contribution in [2.75, 3.05) is 5.73 Å². The quantitative estimate of drug-likeness (QED) is 0.639. The molecule has 0 atom stereocenters. The highest BCUT2D eigenvalue weighted by atomic mass is 16.1. The molecule has 0 spiro atoms. The highest BCUT2D eigenvalue weighted by molar-refractivity contribution is 5.79. The Morgan fingerprint density at radius 3 is 2.71 bits per heavy atom. The minimum atomic E-state index is -0.00974. The zero-order chi connectivity index (χ0) is 14.7. The van der Waals surface area contributed by atoms with Crippen LogP contribution in [0.3, 0.4) is 0 Å². The normalized spacial score (nSPS) is 10.7. The minimum absolute atomic E-state index is 0.00974. The second kappa shape index (κ2) is 5.66. The largest absolute Gasteiger partial charge is 0.399 e. The van der Waals surface area contributed by atoms with E-state index in [1.807, 2.05) is 30.3 Å². The van der Waals surface area contributed by atoms with Crippen molar-refractivity contribution in [3.63, 3.8) is 0 Å². The summed E-state index contributed by atoms with van der Waals surface area (Å²) in [5.41, 5.74) is 10.2. The predicted octanol–water partition coefficient (Wildman–Crippen LogP) is 2.00. The summed E-state index contributed by atoms with van der Waals surface area (Å²) in [6.45, 7) is 0.503. The first kappa shape index (κ1) is 13.2. The Morgan fingerprint density at radius 2 is 1.90 bits per heavy atom. The van der Waals surface area contributed by atoms with E-state index in [4.69, 9.17) is 5.73 Å². The smallest absolute Gasteiger partial charge is 0.224 e. The molecule has 0 aliphatic heterocycles. The first-order valence-corrected chi connectivity index (χ1v) is 6.74. The van der Waals surface area contributed by atoms with Crippen LogP contribution in [0, 0.1) is 0 Å². The summed E-state index contributed by atoms with van der Waals surface area (Å²) in [6.07, 6.45) is 2.01. The first-order valence-electron chi connectivity index (χ1n) is 6.74. The van der Waals surface area contributed by atoms with Crippen molar-refractivity contribution >= 4 is 22.6 Å². The number of fused-ring (bicyclic) bond motifs is 1. The van der Waals surface area contributed by atoms with Gasteiger partial charge >= 0.3 is 0 Å². The molecule has 0 saturated carbocycles. The Morgan fingerprint density at radius 1 is 1.14 bits per heavy atom. The van der Waals surface area contributed by atoms with Crippen molar-refractivity contribution in [3.05, 3.63) is 59.9 Å². The van der Waals surface area contributed by atoms with Crippen LogP contribution < -0.4 is 11.1 Å². The Hall–Kier alpha value is -2.82. The number of hydrogen-bond donors (Lipinski definition) is 3. The van der Waals surface area contributed by atoms with E-state index in [1.54, 1.807) is 18.5 Å². The Balaban J connectivity index is 1.58. The molecule has 0 unspecified atom stereocenters. The standard InChI is InChI=1S/C16H16N4O/c17-13-4-1-11(2-5-13)8-16(21)18-9-12-3-6-14-15(7-12)20-10-19-14/h1-7,10H,8-9,17H2,(H,18,21)(H,19,20). The van der Waals surface area contributed by atoms with E-state index >= 15 is 0 Å². The van der Waals surface area contributed by atoms with Gasteiger partial charge in [-0.3, -0.25) is 4.79 Å². The van der Waals surface area contributed by atoms with Gasteiger partial charge in [0.05, 0.1) is 23.8 Å². The third-order valence-corrected chi connectivity index (χ3v) is 3.32. The lowest BCUT2D eigenvalue weighted by Crippen LogP contribution is -2.24. The van der Waals surface area contributed by atoms with Crippen LogP contribution in [0.2, 0.25) is 0 Å². The molecule has 2 aromatic carbocycles. The van der Waals surface area contributed by atoms with Gasteiger partial charge < -0.3 is 16.0 Å². The van der Waals surface area contributed by atoms with Crippen molar-refractivity contribution in [2.45, 2.75) is 13.0 Å². The summed E-state index contributed by atoms with van der Waals surface area (Å²) in [7, 11) is 0. The zero-order valence-electron chi connectivity index (χ0n) is 11.5. The number of carbonyl (C=O) groups is 1. The molecular formula is C16H16N4O. The van der Waals surface area contributed by atoms with Crippen molar-refractivity contribution in [2.24, 2.45) is 0 Å². The van der Waals surface area contributed by atoms with Crippen LogP contribution in [0.25, 0.3) is 11.0 Å². The van der Waals surface area contributed by atoms with E-state index in [0.717, 1.165) is 22.2 Å². The van der Waals surface area contributed by atoms with Crippen molar-refractivity contribution < 1.29 is 4.79 Å². The fourth-order valence-electron chi connectivity index (χ4n) is 2.18. The number of hydrogen-bond acceptors (Lipinski definition) is 3. The second-order valence-corrected chi connectivity index (χ2v) is 4.95. The van der Waals surface area contributed by atoms with Gasteiger partial charge in [0, 0.05) is 12.2 Å². The van der Waals surface area contributed by atoms with E-state index in [0.29, 0.717) is 18.7 Å².